The van der Waals surface area contributed by atoms with Gasteiger partial charge in [-0.05, 0) is 37.1 Å². The molecule has 0 aliphatic carbocycles. The predicted molar refractivity (Wildman–Crippen MR) is 77.2 cm³/mol. The highest BCUT2D eigenvalue weighted by Gasteiger charge is 2.26. The fourth-order valence-corrected chi connectivity index (χ4v) is 3.79. The van der Waals surface area contributed by atoms with Gasteiger partial charge in [-0.1, -0.05) is 30.1 Å². The topological polar surface area (TPSA) is 58.2 Å². The molecule has 1 aliphatic heterocycles. The van der Waals surface area contributed by atoms with Crippen molar-refractivity contribution in [1.82, 2.24) is 10.0 Å². The van der Waals surface area contributed by atoms with Gasteiger partial charge in [0.1, 0.15) is 0 Å². The predicted octanol–water partition coefficient (Wildman–Crippen LogP) is 2.27. The second-order valence-corrected chi connectivity index (χ2v) is 7.30. The molecule has 1 aromatic rings. The van der Waals surface area contributed by atoms with Crippen molar-refractivity contribution in [3.05, 3.63) is 28.2 Å². The van der Waals surface area contributed by atoms with Gasteiger partial charge >= 0.3 is 0 Å². The highest BCUT2D eigenvalue weighted by atomic mass is 35.5. The first-order chi connectivity index (χ1) is 8.90. The molecule has 1 fully saturated rings. The molecule has 19 heavy (non-hydrogen) atoms. The van der Waals surface area contributed by atoms with Gasteiger partial charge in [-0.25, -0.2) is 13.1 Å². The number of piperidine rings is 1. The van der Waals surface area contributed by atoms with Gasteiger partial charge in [0.25, 0.3) is 0 Å². The zero-order valence-corrected chi connectivity index (χ0v) is 12.8. The molecule has 0 amide bonds. The van der Waals surface area contributed by atoms with Crippen LogP contribution in [-0.2, 0) is 10.0 Å². The molecule has 1 aliphatic rings. The van der Waals surface area contributed by atoms with Gasteiger partial charge in [-0.2, -0.15) is 0 Å². The fourth-order valence-electron chi connectivity index (χ4n) is 2.06. The van der Waals surface area contributed by atoms with E-state index in [2.05, 4.69) is 10.0 Å². The summed E-state index contributed by atoms with van der Waals surface area (Å²) >= 11 is 11.6. The van der Waals surface area contributed by atoms with Crippen LogP contribution in [0.5, 0.6) is 0 Å². The average Bonchev–Trinajstić information content (AvgIpc) is 2.35. The minimum Gasteiger partial charge on any atom is -0.315 e. The molecule has 0 saturated carbocycles. The lowest BCUT2D eigenvalue weighted by molar-refractivity contribution is 0.327. The molecule has 2 N–H and O–H groups in total. The maximum Gasteiger partial charge on any atom is 0.240 e. The van der Waals surface area contributed by atoms with Gasteiger partial charge < -0.3 is 5.32 Å². The van der Waals surface area contributed by atoms with E-state index in [1.165, 1.54) is 18.2 Å². The Morgan fingerprint density at radius 2 is 2.05 bits per heavy atom. The van der Waals surface area contributed by atoms with Gasteiger partial charge in [0.15, 0.2) is 0 Å². The number of sulfonamides is 1. The molecule has 0 bridgehead atoms. The number of rotatable bonds is 3. The molecule has 1 saturated heterocycles. The van der Waals surface area contributed by atoms with Crippen molar-refractivity contribution in [3.8, 4) is 0 Å². The Morgan fingerprint density at radius 3 is 2.68 bits per heavy atom. The van der Waals surface area contributed by atoms with Crippen LogP contribution in [-0.4, -0.2) is 27.5 Å². The molecule has 0 aromatic heterocycles. The van der Waals surface area contributed by atoms with Gasteiger partial charge in [0.2, 0.25) is 10.0 Å². The van der Waals surface area contributed by atoms with Crippen LogP contribution < -0.4 is 10.0 Å². The summed E-state index contributed by atoms with van der Waals surface area (Å²) in [6, 6.07) is 4.21. The molecular formula is C12H16Cl2N2O2S. The standard InChI is InChI=1S/C12H16Cl2N2O2S/c1-8-4-5-15-7-12(8)16-19(17,18)9-2-3-10(13)11(14)6-9/h2-3,6,8,12,15-16H,4-5,7H2,1H3. The smallest absolute Gasteiger partial charge is 0.240 e. The summed E-state index contributed by atoms with van der Waals surface area (Å²) in [6.45, 7) is 3.61. The van der Waals surface area contributed by atoms with E-state index in [-0.39, 0.29) is 16.0 Å². The molecule has 2 atom stereocenters. The zero-order valence-electron chi connectivity index (χ0n) is 10.5. The summed E-state index contributed by atoms with van der Waals surface area (Å²) in [7, 11) is -3.57. The van der Waals surface area contributed by atoms with E-state index in [9.17, 15) is 8.42 Å². The minimum absolute atomic E-state index is 0.104. The molecule has 0 spiro atoms. The average molecular weight is 323 g/mol. The van der Waals surface area contributed by atoms with Crippen molar-refractivity contribution < 1.29 is 8.42 Å². The van der Waals surface area contributed by atoms with Crippen LogP contribution in [0.15, 0.2) is 23.1 Å². The van der Waals surface area contributed by atoms with E-state index in [1.807, 2.05) is 6.92 Å². The van der Waals surface area contributed by atoms with Crippen molar-refractivity contribution in [3.63, 3.8) is 0 Å². The van der Waals surface area contributed by atoms with Crippen molar-refractivity contribution in [2.75, 3.05) is 13.1 Å². The van der Waals surface area contributed by atoms with E-state index in [4.69, 9.17) is 23.2 Å². The molecule has 2 unspecified atom stereocenters. The van der Waals surface area contributed by atoms with E-state index < -0.39 is 10.0 Å². The summed E-state index contributed by atoms with van der Waals surface area (Å²) in [4.78, 5) is 0.139. The lowest BCUT2D eigenvalue weighted by Gasteiger charge is -2.30. The first kappa shape index (κ1) is 15.1. The Hall–Kier alpha value is -0.330. The first-order valence-corrected chi connectivity index (χ1v) is 8.32. The van der Waals surface area contributed by atoms with Crippen LogP contribution in [0.4, 0.5) is 0 Å². The third kappa shape index (κ3) is 3.61. The minimum atomic E-state index is -3.57. The molecule has 0 radical (unpaired) electrons. The number of halogens is 2. The molecule has 1 aromatic carbocycles. The Labute approximate surface area is 123 Å². The van der Waals surface area contributed by atoms with Crippen molar-refractivity contribution in [2.24, 2.45) is 5.92 Å². The van der Waals surface area contributed by atoms with E-state index in [1.54, 1.807) is 0 Å². The van der Waals surface area contributed by atoms with Crippen molar-refractivity contribution >= 4 is 33.2 Å². The lowest BCUT2D eigenvalue weighted by atomic mass is 9.96. The summed E-state index contributed by atoms with van der Waals surface area (Å²) in [5.41, 5.74) is 0. The van der Waals surface area contributed by atoms with E-state index in [0.717, 1.165) is 13.0 Å². The highest BCUT2D eigenvalue weighted by molar-refractivity contribution is 7.89. The van der Waals surface area contributed by atoms with Crippen LogP contribution in [0, 0.1) is 5.92 Å². The van der Waals surface area contributed by atoms with E-state index in [0.29, 0.717) is 17.5 Å². The zero-order chi connectivity index (χ0) is 14.0. The third-order valence-corrected chi connectivity index (χ3v) is 5.56. The molecule has 106 valence electrons. The number of hydrogen-bond acceptors (Lipinski definition) is 3. The number of hydrogen-bond donors (Lipinski definition) is 2. The largest absolute Gasteiger partial charge is 0.315 e. The van der Waals surface area contributed by atoms with Crippen LogP contribution in [0.2, 0.25) is 10.0 Å². The van der Waals surface area contributed by atoms with Gasteiger partial charge in [0, 0.05) is 12.6 Å². The van der Waals surface area contributed by atoms with Crippen LogP contribution in [0.1, 0.15) is 13.3 Å². The van der Waals surface area contributed by atoms with Crippen molar-refractivity contribution in [1.29, 1.82) is 0 Å². The van der Waals surface area contributed by atoms with Gasteiger partial charge in [-0.3, -0.25) is 0 Å². The Morgan fingerprint density at radius 1 is 1.32 bits per heavy atom. The quantitative estimate of drug-likeness (QED) is 0.897. The highest BCUT2D eigenvalue weighted by Crippen LogP contribution is 2.25. The molecule has 2 rings (SSSR count). The molecular weight excluding hydrogens is 307 g/mol. The summed E-state index contributed by atoms with van der Waals surface area (Å²) < 4.78 is 27.3. The second-order valence-electron chi connectivity index (χ2n) is 4.77. The molecule has 1 heterocycles. The fraction of sp³-hybridized carbons (Fsp3) is 0.500. The van der Waals surface area contributed by atoms with Crippen LogP contribution >= 0.6 is 23.2 Å². The lowest BCUT2D eigenvalue weighted by Crippen LogP contribution is -2.50. The SMILES string of the molecule is CC1CCNCC1NS(=O)(=O)c1ccc(Cl)c(Cl)c1. The normalized spacial score (nSPS) is 24.4. The number of nitrogens with one attached hydrogen (secondary N) is 2. The maximum absolute atomic E-state index is 12.3. The summed E-state index contributed by atoms with van der Waals surface area (Å²) in [5.74, 6) is 0.304. The summed E-state index contributed by atoms with van der Waals surface area (Å²) in [5, 5.41) is 3.76. The monoisotopic (exact) mass is 322 g/mol. The van der Waals surface area contributed by atoms with E-state index >= 15 is 0 Å². The van der Waals surface area contributed by atoms with Crippen molar-refractivity contribution in [2.45, 2.75) is 24.3 Å². The maximum atomic E-state index is 12.3. The Kier molecular flexibility index (Phi) is 4.74. The number of benzene rings is 1. The van der Waals surface area contributed by atoms with Crippen LogP contribution in [0.25, 0.3) is 0 Å². The van der Waals surface area contributed by atoms with Crippen LogP contribution in [0.3, 0.4) is 0 Å². The van der Waals surface area contributed by atoms with Gasteiger partial charge in [-0.15, -0.1) is 0 Å². The Bertz CT molecular complexity index is 563. The Balaban J connectivity index is 2.19. The molecule has 7 heteroatoms. The summed E-state index contributed by atoms with van der Waals surface area (Å²) in [6.07, 6.45) is 0.953. The first-order valence-electron chi connectivity index (χ1n) is 6.08. The second kappa shape index (κ2) is 5.97. The third-order valence-electron chi connectivity index (χ3n) is 3.34. The van der Waals surface area contributed by atoms with Gasteiger partial charge in [0.05, 0.1) is 14.9 Å². The molecule has 4 nitrogen and oxygen atoms in total.